The number of nitrogen functional groups attached to an aromatic ring is 1. The van der Waals surface area contributed by atoms with Gasteiger partial charge in [0.25, 0.3) is 0 Å². The molecule has 90 valence electrons. The van der Waals surface area contributed by atoms with E-state index in [0.717, 1.165) is 18.5 Å². The molecule has 3 N–H and O–H groups in total. The number of aliphatic hydroxyl groups is 1. The van der Waals surface area contributed by atoms with Crippen molar-refractivity contribution in [2.75, 3.05) is 5.73 Å². The lowest BCUT2D eigenvalue weighted by molar-refractivity contribution is 0.207. The summed E-state index contributed by atoms with van der Waals surface area (Å²) in [6.07, 6.45) is 1.80. The van der Waals surface area contributed by atoms with E-state index < -0.39 is 6.10 Å². The fourth-order valence-electron chi connectivity index (χ4n) is 1.76. The largest absolute Gasteiger partial charge is 0.399 e. The number of benzene rings is 1. The average Bonchev–Trinajstić information content (AvgIpc) is 2.77. The van der Waals surface area contributed by atoms with Crippen LogP contribution < -0.4 is 5.73 Å². The Bertz CT molecular complexity index is 495. The summed E-state index contributed by atoms with van der Waals surface area (Å²) in [7, 11) is 0. The van der Waals surface area contributed by atoms with Crippen molar-refractivity contribution in [3.05, 3.63) is 41.7 Å². The molecule has 1 aromatic carbocycles. The van der Waals surface area contributed by atoms with Crippen LogP contribution in [-0.4, -0.2) is 20.1 Å². The van der Waals surface area contributed by atoms with Crippen molar-refractivity contribution in [3.63, 3.8) is 0 Å². The third kappa shape index (κ3) is 2.45. The lowest BCUT2D eigenvalue weighted by Gasteiger charge is -2.12. The van der Waals surface area contributed by atoms with Crippen molar-refractivity contribution in [1.82, 2.24) is 15.0 Å². The van der Waals surface area contributed by atoms with E-state index in [1.807, 2.05) is 12.1 Å². The number of nitrogens with two attached hydrogens (primary N) is 1. The summed E-state index contributed by atoms with van der Waals surface area (Å²) >= 11 is 0. The van der Waals surface area contributed by atoms with Gasteiger partial charge in [0.15, 0.2) is 0 Å². The molecular formula is C12H16N4O. The average molecular weight is 232 g/mol. The van der Waals surface area contributed by atoms with Crippen molar-refractivity contribution < 1.29 is 5.11 Å². The van der Waals surface area contributed by atoms with Crippen LogP contribution in [-0.2, 0) is 6.54 Å². The van der Waals surface area contributed by atoms with Gasteiger partial charge < -0.3 is 10.8 Å². The first-order valence-corrected chi connectivity index (χ1v) is 5.64. The van der Waals surface area contributed by atoms with Crippen LogP contribution in [0.5, 0.6) is 0 Å². The van der Waals surface area contributed by atoms with Crippen LogP contribution in [0.1, 0.15) is 30.7 Å². The van der Waals surface area contributed by atoms with Gasteiger partial charge in [-0.3, -0.25) is 0 Å². The molecule has 0 aliphatic carbocycles. The second-order valence-corrected chi connectivity index (χ2v) is 3.95. The maximum Gasteiger partial charge on any atom is 0.122 e. The molecule has 5 nitrogen and oxygen atoms in total. The standard InChI is InChI=1S/C12H16N4O/c1-2-6-16-11(8-14-15-16)12(17)9-4-3-5-10(13)7-9/h3-5,7-8,12,17H,2,6,13H2,1H3. The molecule has 0 radical (unpaired) electrons. The number of hydrogen-bond donors (Lipinski definition) is 2. The Morgan fingerprint density at radius 2 is 2.29 bits per heavy atom. The molecule has 1 atom stereocenters. The number of aromatic nitrogens is 3. The first-order valence-electron chi connectivity index (χ1n) is 5.64. The molecule has 1 heterocycles. The van der Waals surface area contributed by atoms with Gasteiger partial charge in [0.05, 0.1) is 11.9 Å². The van der Waals surface area contributed by atoms with Crippen LogP contribution in [0.15, 0.2) is 30.5 Å². The molecule has 0 aliphatic rings. The Kier molecular flexibility index (Phi) is 3.39. The lowest BCUT2D eigenvalue weighted by atomic mass is 10.1. The van der Waals surface area contributed by atoms with Gasteiger partial charge >= 0.3 is 0 Å². The minimum atomic E-state index is -0.736. The summed E-state index contributed by atoms with van der Waals surface area (Å²) in [5.41, 5.74) is 7.78. The van der Waals surface area contributed by atoms with Crippen LogP contribution in [0.2, 0.25) is 0 Å². The topological polar surface area (TPSA) is 77.0 Å². The highest BCUT2D eigenvalue weighted by Gasteiger charge is 2.15. The molecule has 2 aromatic rings. The van der Waals surface area contributed by atoms with E-state index in [1.165, 1.54) is 0 Å². The van der Waals surface area contributed by atoms with Crippen LogP contribution in [0.4, 0.5) is 5.69 Å². The van der Waals surface area contributed by atoms with Gasteiger partial charge in [-0.1, -0.05) is 24.3 Å². The van der Waals surface area contributed by atoms with Gasteiger partial charge in [-0.05, 0) is 24.1 Å². The third-order valence-corrected chi connectivity index (χ3v) is 2.59. The zero-order valence-corrected chi connectivity index (χ0v) is 9.74. The monoisotopic (exact) mass is 232 g/mol. The predicted molar refractivity (Wildman–Crippen MR) is 65.2 cm³/mol. The van der Waals surface area contributed by atoms with Crippen LogP contribution in [0, 0.1) is 0 Å². The summed E-state index contributed by atoms with van der Waals surface area (Å²) in [6, 6.07) is 7.21. The van der Waals surface area contributed by atoms with E-state index >= 15 is 0 Å². The molecule has 2 rings (SSSR count). The van der Waals surface area contributed by atoms with E-state index in [4.69, 9.17) is 5.73 Å². The highest BCUT2D eigenvalue weighted by molar-refractivity contribution is 5.42. The van der Waals surface area contributed by atoms with E-state index in [2.05, 4.69) is 17.2 Å². The van der Waals surface area contributed by atoms with Gasteiger partial charge in [0.2, 0.25) is 0 Å². The molecule has 0 amide bonds. The van der Waals surface area contributed by atoms with Crippen molar-refractivity contribution in [3.8, 4) is 0 Å². The zero-order valence-electron chi connectivity index (χ0n) is 9.74. The van der Waals surface area contributed by atoms with Crippen LogP contribution >= 0.6 is 0 Å². The van der Waals surface area contributed by atoms with E-state index in [-0.39, 0.29) is 0 Å². The summed E-state index contributed by atoms with van der Waals surface area (Å²) in [5.74, 6) is 0. The molecule has 0 saturated carbocycles. The quantitative estimate of drug-likeness (QED) is 0.780. The minimum Gasteiger partial charge on any atom is -0.399 e. The maximum absolute atomic E-state index is 10.3. The highest BCUT2D eigenvalue weighted by Crippen LogP contribution is 2.22. The molecule has 0 aliphatic heterocycles. The molecule has 0 spiro atoms. The van der Waals surface area contributed by atoms with Crippen molar-refractivity contribution in [2.45, 2.75) is 26.0 Å². The first-order chi connectivity index (χ1) is 8.22. The van der Waals surface area contributed by atoms with Crippen molar-refractivity contribution >= 4 is 5.69 Å². The Labute approximate surface area is 99.9 Å². The molecule has 0 bridgehead atoms. The normalized spacial score (nSPS) is 12.6. The van der Waals surface area contributed by atoms with Gasteiger partial charge in [0, 0.05) is 12.2 Å². The SMILES string of the molecule is CCCn1nncc1C(O)c1cccc(N)c1. The molecular weight excluding hydrogens is 216 g/mol. The Hall–Kier alpha value is -1.88. The Morgan fingerprint density at radius 1 is 1.47 bits per heavy atom. The van der Waals surface area contributed by atoms with Crippen LogP contribution in [0.25, 0.3) is 0 Å². The summed E-state index contributed by atoms with van der Waals surface area (Å²) in [6.45, 7) is 2.80. The minimum absolute atomic E-state index is 0.635. The molecule has 17 heavy (non-hydrogen) atoms. The fraction of sp³-hybridized carbons (Fsp3) is 0.333. The highest BCUT2D eigenvalue weighted by atomic mass is 16.3. The number of rotatable bonds is 4. The summed E-state index contributed by atoms with van der Waals surface area (Å²) < 4.78 is 1.72. The molecule has 1 unspecified atom stereocenters. The zero-order chi connectivity index (χ0) is 12.3. The lowest BCUT2D eigenvalue weighted by Crippen LogP contribution is -2.10. The van der Waals surface area contributed by atoms with Gasteiger partial charge in [-0.2, -0.15) is 0 Å². The summed E-state index contributed by atoms with van der Waals surface area (Å²) in [5, 5.41) is 18.0. The Morgan fingerprint density at radius 3 is 3.00 bits per heavy atom. The molecule has 5 heteroatoms. The predicted octanol–water partition coefficient (Wildman–Crippen LogP) is 1.35. The molecule has 0 fully saturated rings. The van der Waals surface area contributed by atoms with E-state index in [0.29, 0.717) is 11.4 Å². The van der Waals surface area contributed by atoms with E-state index in [1.54, 1.807) is 23.0 Å². The van der Waals surface area contributed by atoms with Gasteiger partial charge in [-0.15, -0.1) is 5.10 Å². The molecule has 0 saturated heterocycles. The molecule has 1 aromatic heterocycles. The summed E-state index contributed by atoms with van der Waals surface area (Å²) in [4.78, 5) is 0. The second kappa shape index (κ2) is 4.97. The third-order valence-electron chi connectivity index (χ3n) is 2.59. The number of hydrogen-bond acceptors (Lipinski definition) is 4. The number of anilines is 1. The van der Waals surface area contributed by atoms with Gasteiger partial charge in [-0.25, -0.2) is 4.68 Å². The second-order valence-electron chi connectivity index (χ2n) is 3.95. The maximum atomic E-state index is 10.3. The Balaban J connectivity index is 2.30. The number of nitrogens with zero attached hydrogens (tertiary/aromatic N) is 3. The van der Waals surface area contributed by atoms with Crippen molar-refractivity contribution in [2.24, 2.45) is 0 Å². The number of aryl methyl sites for hydroxylation is 1. The van der Waals surface area contributed by atoms with Gasteiger partial charge in [0.1, 0.15) is 6.10 Å². The number of aliphatic hydroxyl groups excluding tert-OH is 1. The van der Waals surface area contributed by atoms with E-state index in [9.17, 15) is 5.11 Å². The first kappa shape index (κ1) is 11.6. The van der Waals surface area contributed by atoms with Crippen molar-refractivity contribution in [1.29, 1.82) is 0 Å². The van der Waals surface area contributed by atoms with Crippen LogP contribution in [0.3, 0.4) is 0 Å². The smallest absolute Gasteiger partial charge is 0.122 e. The fourth-order valence-corrected chi connectivity index (χ4v) is 1.76.